The van der Waals surface area contributed by atoms with Gasteiger partial charge in [0, 0.05) is 12.6 Å². The Hall–Kier alpha value is -3.07. The van der Waals surface area contributed by atoms with Gasteiger partial charge in [0.25, 0.3) is 10.0 Å². The standard InChI is InChI=1S/C31H37Cl2N3O4S/c1-7-28(31(38)34-20(2)3)35(18-24-13-16-26(32)27(33)17-24)30(37)19-36(29-10-8-9-22(5)23(29)6)41(39,40)25-14-11-21(4)12-15-25/h8-17,20,28H,7,18-19H2,1-6H3,(H,34,38)/t28-/m0/s1. The van der Waals surface area contributed by atoms with E-state index in [9.17, 15) is 18.0 Å². The fraction of sp³-hybridized carbons (Fsp3) is 0.355. The van der Waals surface area contributed by atoms with Crippen molar-refractivity contribution in [3.63, 3.8) is 0 Å². The summed E-state index contributed by atoms with van der Waals surface area (Å²) in [7, 11) is -4.15. The highest BCUT2D eigenvalue weighted by molar-refractivity contribution is 7.92. The maximum absolute atomic E-state index is 14.2. The lowest BCUT2D eigenvalue weighted by atomic mass is 10.1. The van der Waals surface area contributed by atoms with Gasteiger partial charge in [0.2, 0.25) is 11.8 Å². The summed E-state index contributed by atoms with van der Waals surface area (Å²) in [6.45, 7) is 10.6. The van der Waals surface area contributed by atoms with E-state index in [0.29, 0.717) is 27.7 Å². The first-order valence-electron chi connectivity index (χ1n) is 13.5. The van der Waals surface area contributed by atoms with Crippen LogP contribution in [-0.4, -0.2) is 43.8 Å². The molecule has 0 fully saturated rings. The van der Waals surface area contributed by atoms with Gasteiger partial charge in [-0.05, 0) is 88.1 Å². The first-order valence-corrected chi connectivity index (χ1v) is 15.6. The first kappa shape index (κ1) is 32.4. The van der Waals surface area contributed by atoms with Crippen molar-refractivity contribution in [1.29, 1.82) is 0 Å². The van der Waals surface area contributed by atoms with Crippen molar-refractivity contribution < 1.29 is 18.0 Å². The van der Waals surface area contributed by atoms with Gasteiger partial charge >= 0.3 is 0 Å². The molecule has 0 saturated carbocycles. The highest BCUT2D eigenvalue weighted by atomic mass is 35.5. The van der Waals surface area contributed by atoms with Crippen molar-refractivity contribution in [2.45, 2.75) is 71.5 Å². The predicted octanol–water partition coefficient (Wildman–Crippen LogP) is 6.45. The second-order valence-corrected chi connectivity index (χ2v) is 13.1. The Labute approximate surface area is 253 Å². The number of rotatable bonds is 11. The molecule has 0 aliphatic rings. The van der Waals surface area contributed by atoms with Gasteiger partial charge in [0.05, 0.1) is 20.6 Å². The Morgan fingerprint density at radius 3 is 2.17 bits per heavy atom. The lowest BCUT2D eigenvalue weighted by Gasteiger charge is -2.34. The highest BCUT2D eigenvalue weighted by Gasteiger charge is 2.34. The molecule has 220 valence electrons. The lowest BCUT2D eigenvalue weighted by Crippen LogP contribution is -2.53. The second kappa shape index (κ2) is 13.7. The molecule has 2 amide bonds. The topological polar surface area (TPSA) is 86.8 Å². The smallest absolute Gasteiger partial charge is 0.264 e. The van der Waals surface area contributed by atoms with Crippen LogP contribution in [0.4, 0.5) is 5.69 Å². The molecular formula is C31H37Cl2N3O4S. The largest absolute Gasteiger partial charge is 0.352 e. The molecule has 7 nitrogen and oxygen atoms in total. The van der Waals surface area contributed by atoms with Gasteiger partial charge in [-0.15, -0.1) is 0 Å². The van der Waals surface area contributed by atoms with Crippen LogP contribution in [0.15, 0.2) is 65.6 Å². The van der Waals surface area contributed by atoms with Crippen molar-refractivity contribution in [3.8, 4) is 0 Å². The number of halogens is 2. The lowest BCUT2D eigenvalue weighted by molar-refractivity contribution is -0.140. The van der Waals surface area contributed by atoms with Crippen LogP contribution in [-0.2, 0) is 26.2 Å². The van der Waals surface area contributed by atoms with Crippen molar-refractivity contribution in [2.24, 2.45) is 0 Å². The molecule has 0 bridgehead atoms. The summed E-state index contributed by atoms with van der Waals surface area (Å²) in [6, 6.07) is 15.8. The molecule has 41 heavy (non-hydrogen) atoms. The summed E-state index contributed by atoms with van der Waals surface area (Å²) in [5.41, 5.74) is 3.58. The van der Waals surface area contributed by atoms with E-state index in [-0.39, 0.29) is 23.4 Å². The summed E-state index contributed by atoms with van der Waals surface area (Å²) in [4.78, 5) is 28.9. The molecule has 1 N–H and O–H groups in total. The van der Waals surface area contributed by atoms with Crippen LogP contribution in [0.2, 0.25) is 10.0 Å². The summed E-state index contributed by atoms with van der Waals surface area (Å²) in [6.07, 6.45) is 0.319. The quantitative estimate of drug-likeness (QED) is 0.268. The van der Waals surface area contributed by atoms with Crippen LogP contribution in [0.3, 0.4) is 0 Å². The predicted molar refractivity (Wildman–Crippen MR) is 166 cm³/mol. The zero-order chi connectivity index (χ0) is 30.5. The van der Waals surface area contributed by atoms with Gasteiger partial charge in [-0.25, -0.2) is 8.42 Å². The van der Waals surface area contributed by atoms with Crippen molar-refractivity contribution in [3.05, 3.63) is 93.0 Å². The molecule has 0 saturated heterocycles. The normalized spacial score (nSPS) is 12.2. The molecule has 3 rings (SSSR count). The van der Waals surface area contributed by atoms with Crippen molar-refractivity contribution >= 4 is 50.7 Å². The number of nitrogens with zero attached hydrogens (tertiary/aromatic N) is 2. The van der Waals surface area contributed by atoms with E-state index in [4.69, 9.17) is 23.2 Å². The van der Waals surface area contributed by atoms with Crippen molar-refractivity contribution in [1.82, 2.24) is 10.2 Å². The van der Waals surface area contributed by atoms with Crippen LogP contribution >= 0.6 is 23.2 Å². The number of hydrogen-bond acceptors (Lipinski definition) is 4. The number of carbonyl (C=O) groups is 2. The molecule has 0 unspecified atom stereocenters. The van der Waals surface area contributed by atoms with Gasteiger partial charge in [-0.2, -0.15) is 0 Å². The summed E-state index contributed by atoms with van der Waals surface area (Å²) >= 11 is 12.4. The molecule has 0 radical (unpaired) electrons. The minimum Gasteiger partial charge on any atom is -0.352 e. The number of hydrogen-bond donors (Lipinski definition) is 1. The van der Waals surface area contributed by atoms with Gasteiger partial charge in [-0.3, -0.25) is 13.9 Å². The van der Waals surface area contributed by atoms with E-state index in [1.165, 1.54) is 17.0 Å². The average molecular weight is 619 g/mol. The third kappa shape index (κ3) is 7.82. The zero-order valence-corrected chi connectivity index (χ0v) is 26.6. The van der Waals surface area contributed by atoms with Crippen LogP contribution in [0.25, 0.3) is 0 Å². The van der Waals surface area contributed by atoms with Crippen LogP contribution in [0.5, 0.6) is 0 Å². The van der Waals surface area contributed by atoms with Gasteiger partial charge in [0.15, 0.2) is 0 Å². The maximum atomic E-state index is 14.2. The average Bonchev–Trinajstić information content (AvgIpc) is 2.90. The number of sulfonamides is 1. The summed E-state index contributed by atoms with van der Waals surface area (Å²) in [5, 5.41) is 3.57. The molecule has 1 atom stereocenters. The molecule has 10 heteroatoms. The molecule has 3 aromatic rings. The summed E-state index contributed by atoms with van der Waals surface area (Å²) < 4.78 is 29.3. The van der Waals surface area contributed by atoms with Gasteiger partial charge < -0.3 is 10.2 Å². The Morgan fingerprint density at radius 1 is 0.927 bits per heavy atom. The number of aryl methyl sites for hydroxylation is 2. The third-order valence-electron chi connectivity index (χ3n) is 6.89. The zero-order valence-electron chi connectivity index (χ0n) is 24.2. The number of nitrogens with one attached hydrogen (secondary N) is 1. The molecule has 0 heterocycles. The minimum absolute atomic E-state index is 0.0327. The Balaban J connectivity index is 2.12. The maximum Gasteiger partial charge on any atom is 0.264 e. The van der Waals surface area contributed by atoms with E-state index in [2.05, 4.69) is 5.32 Å². The molecule has 3 aromatic carbocycles. The SMILES string of the molecule is CC[C@@H](C(=O)NC(C)C)N(Cc1ccc(Cl)c(Cl)c1)C(=O)CN(c1cccc(C)c1C)S(=O)(=O)c1ccc(C)cc1. The first-order chi connectivity index (χ1) is 19.3. The number of amides is 2. The molecule has 0 aliphatic carbocycles. The Kier molecular flexibility index (Phi) is 10.9. The van der Waals surface area contributed by atoms with Crippen LogP contribution in [0, 0.1) is 20.8 Å². The van der Waals surface area contributed by atoms with Crippen molar-refractivity contribution in [2.75, 3.05) is 10.8 Å². The second-order valence-electron chi connectivity index (χ2n) is 10.4. The molecule has 0 aromatic heterocycles. The third-order valence-corrected chi connectivity index (χ3v) is 9.40. The number of carbonyl (C=O) groups excluding carboxylic acids is 2. The van der Waals surface area contributed by atoms with Gasteiger partial charge in [-0.1, -0.05) is 66.0 Å². The summed E-state index contributed by atoms with van der Waals surface area (Å²) in [5.74, 6) is -0.853. The minimum atomic E-state index is -4.15. The van der Waals surface area contributed by atoms with E-state index < -0.39 is 28.5 Å². The van der Waals surface area contributed by atoms with E-state index in [0.717, 1.165) is 21.0 Å². The Morgan fingerprint density at radius 2 is 1.59 bits per heavy atom. The fourth-order valence-corrected chi connectivity index (χ4v) is 6.28. The van der Waals surface area contributed by atoms with E-state index in [1.807, 2.05) is 47.6 Å². The van der Waals surface area contributed by atoms with Gasteiger partial charge in [0.1, 0.15) is 12.6 Å². The van der Waals surface area contributed by atoms with Crippen LogP contribution in [0.1, 0.15) is 49.4 Å². The van der Waals surface area contributed by atoms with Crippen LogP contribution < -0.4 is 9.62 Å². The molecular weight excluding hydrogens is 581 g/mol. The molecule has 0 spiro atoms. The van der Waals surface area contributed by atoms with E-state index >= 15 is 0 Å². The van der Waals surface area contributed by atoms with E-state index in [1.54, 1.807) is 42.5 Å². The molecule has 0 aliphatic heterocycles. The highest BCUT2D eigenvalue weighted by Crippen LogP contribution is 2.30. The number of anilines is 1. The monoisotopic (exact) mass is 617 g/mol. The number of benzene rings is 3. The Bertz CT molecular complexity index is 1510. The fourth-order valence-electron chi connectivity index (χ4n) is 4.49.